The number of rotatable bonds is 8. The molecule has 6 nitrogen and oxygen atoms in total. The molecule has 4 rings (SSSR count). The number of nitrogens with one attached hydrogen (secondary N) is 1. The van der Waals surface area contributed by atoms with Crippen LogP contribution in [0, 0.1) is 0 Å². The van der Waals surface area contributed by atoms with Crippen molar-refractivity contribution in [2.45, 2.75) is 24.0 Å². The number of benzene rings is 2. The van der Waals surface area contributed by atoms with Gasteiger partial charge < -0.3 is 9.64 Å². The zero-order valence-electron chi connectivity index (χ0n) is 17.4. The van der Waals surface area contributed by atoms with Gasteiger partial charge in [-0.15, -0.1) is 16.8 Å². The lowest BCUT2D eigenvalue weighted by Gasteiger charge is -2.16. The maximum absolute atomic E-state index is 6.24. The van der Waals surface area contributed by atoms with Crippen LogP contribution in [0.4, 0.5) is 5.69 Å². The number of hydrogen-bond donors (Lipinski definition) is 1. The molecule has 0 spiro atoms. The van der Waals surface area contributed by atoms with E-state index in [9.17, 15) is 0 Å². The molecule has 1 fully saturated rings. The van der Waals surface area contributed by atoms with Gasteiger partial charge in [0, 0.05) is 44.2 Å². The van der Waals surface area contributed by atoms with Crippen LogP contribution in [0.5, 0.6) is 0 Å². The number of thioether (sulfide) groups is 1. The van der Waals surface area contributed by atoms with Crippen molar-refractivity contribution in [2.75, 3.05) is 31.3 Å². The number of ether oxygens (including phenoxy) is 1. The van der Waals surface area contributed by atoms with Gasteiger partial charge in [-0.05, 0) is 17.7 Å². The summed E-state index contributed by atoms with van der Waals surface area (Å²) in [6, 6.07) is 18.6. The Labute approximate surface area is 182 Å². The van der Waals surface area contributed by atoms with Crippen LogP contribution in [0.2, 0.25) is 0 Å². The summed E-state index contributed by atoms with van der Waals surface area (Å²) in [5.74, 6) is 1.67. The second-order valence-corrected chi connectivity index (χ2v) is 8.40. The minimum atomic E-state index is -0.0715. The third-order valence-electron chi connectivity index (χ3n) is 5.03. The van der Waals surface area contributed by atoms with Crippen LogP contribution in [0.25, 0.3) is 11.4 Å². The van der Waals surface area contributed by atoms with Crippen LogP contribution in [0.3, 0.4) is 0 Å². The van der Waals surface area contributed by atoms with E-state index in [0.29, 0.717) is 6.54 Å². The number of anilines is 1. The molecule has 30 heavy (non-hydrogen) atoms. The molecule has 1 saturated heterocycles. The molecule has 156 valence electrons. The number of allylic oxidation sites excluding steroid dienone is 1. The van der Waals surface area contributed by atoms with Gasteiger partial charge in [-0.1, -0.05) is 60.3 Å². The topological polar surface area (TPSA) is 55.2 Å². The van der Waals surface area contributed by atoms with E-state index in [0.717, 1.165) is 34.4 Å². The molecular formula is C23H27N5OS. The van der Waals surface area contributed by atoms with Gasteiger partial charge in [0.15, 0.2) is 11.0 Å². The number of hydrogen-bond acceptors (Lipinski definition) is 6. The molecule has 7 heteroatoms. The zero-order valence-corrected chi connectivity index (χ0v) is 18.2. The van der Waals surface area contributed by atoms with Gasteiger partial charge >= 0.3 is 0 Å². The average molecular weight is 422 g/mol. The van der Waals surface area contributed by atoms with E-state index in [1.165, 1.54) is 5.69 Å². The first-order valence-corrected chi connectivity index (χ1v) is 11.0. The molecule has 0 bridgehead atoms. The van der Waals surface area contributed by atoms with Crippen LogP contribution in [-0.2, 0) is 11.3 Å². The molecule has 0 amide bonds. The van der Waals surface area contributed by atoms with E-state index >= 15 is 0 Å². The highest BCUT2D eigenvalue weighted by atomic mass is 32.2. The quantitative estimate of drug-likeness (QED) is 0.439. The second-order valence-electron chi connectivity index (χ2n) is 7.41. The fraction of sp³-hybridized carbons (Fsp3) is 0.304. The SMILES string of the molecule is C=CCn1c(SC[C@H]2CN[C@@H](c3ccc(N(C)C)cc3)O2)nnc1-c1ccccc1. The fourth-order valence-electron chi connectivity index (χ4n) is 3.43. The summed E-state index contributed by atoms with van der Waals surface area (Å²) in [7, 11) is 4.09. The van der Waals surface area contributed by atoms with Crippen molar-refractivity contribution in [1.29, 1.82) is 0 Å². The van der Waals surface area contributed by atoms with Crippen molar-refractivity contribution in [1.82, 2.24) is 20.1 Å². The predicted octanol–water partition coefficient (Wildman–Crippen LogP) is 3.98. The fourth-order valence-corrected chi connectivity index (χ4v) is 4.37. The summed E-state index contributed by atoms with van der Waals surface area (Å²) in [5, 5.41) is 13.2. The molecule has 1 aliphatic rings. The van der Waals surface area contributed by atoms with E-state index < -0.39 is 0 Å². The zero-order chi connectivity index (χ0) is 20.9. The van der Waals surface area contributed by atoms with Gasteiger partial charge in [0.05, 0.1) is 6.10 Å². The average Bonchev–Trinajstić information content (AvgIpc) is 3.40. The van der Waals surface area contributed by atoms with Gasteiger partial charge in [-0.25, -0.2) is 0 Å². The molecule has 0 saturated carbocycles. The van der Waals surface area contributed by atoms with E-state index in [2.05, 4.69) is 55.8 Å². The van der Waals surface area contributed by atoms with E-state index in [4.69, 9.17) is 4.74 Å². The monoisotopic (exact) mass is 421 g/mol. The Morgan fingerprint density at radius 2 is 1.93 bits per heavy atom. The Hall–Kier alpha value is -2.61. The second kappa shape index (κ2) is 9.47. The van der Waals surface area contributed by atoms with Crippen LogP contribution in [0.15, 0.2) is 72.4 Å². The lowest BCUT2D eigenvalue weighted by molar-refractivity contribution is 0.0534. The highest BCUT2D eigenvalue weighted by Crippen LogP contribution is 2.28. The summed E-state index contributed by atoms with van der Waals surface area (Å²) in [5.41, 5.74) is 3.38. The maximum Gasteiger partial charge on any atom is 0.191 e. The molecule has 1 aromatic heterocycles. The summed E-state index contributed by atoms with van der Waals surface area (Å²) in [4.78, 5) is 2.09. The highest BCUT2D eigenvalue weighted by Gasteiger charge is 2.26. The smallest absolute Gasteiger partial charge is 0.191 e. The van der Waals surface area contributed by atoms with Crippen LogP contribution in [-0.4, -0.2) is 47.3 Å². The minimum absolute atomic E-state index is 0.0715. The standard InChI is InChI=1S/C23H27N5OS/c1-4-14-28-21(17-8-6-5-7-9-17)25-26-23(28)30-16-20-15-24-22(29-20)18-10-12-19(13-11-18)27(2)3/h4-13,20,22,24H,1,14-16H2,2-3H3/t20-,22-/m1/s1. The first kappa shape index (κ1) is 20.7. The van der Waals surface area contributed by atoms with Gasteiger partial charge in [-0.3, -0.25) is 9.88 Å². The van der Waals surface area contributed by atoms with E-state index in [1.54, 1.807) is 11.8 Å². The first-order valence-electron chi connectivity index (χ1n) is 10.0. The van der Waals surface area contributed by atoms with Gasteiger partial charge in [0.25, 0.3) is 0 Å². The van der Waals surface area contributed by atoms with Crippen LogP contribution >= 0.6 is 11.8 Å². The van der Waals surface area contributed by atoms with Crippen LogP contribution < -0.4 is 10.2 Å². The molecule has 3 aromatic rings. The van der Waals surface area contributed by atoms with E-state index in [-0.39, 0.29) is 12.3 Å². The normalized spacial score (nSPS) is 18.5. The first-order chi connectivity index (χ1) is 14.7. The lowest BCUT2D eigenvalue weighted by Crippen LogP contribution is -2.17. The van der Waals surface area contributed by atoms with Crippen molar-refractivity contribution in [2.24, 2.45) is 0 Å². The summed E-state index contributed by atoms with van der Waals surface area (Å²) >= 11 is 1.67. The molecule has 0 unspecified atom stereocenters. The summed E-state index contributed by atoms with van der Waals surface area (Å²) < 4.78 is 8.34. The molecule has 2 heterocycles. The number of aromatic nitrogens is 3. The lowest BCUT2D eigenvalue weighted by atomic mass is 10.2. The molecule has 2 aromatic carbocycles. The molecule has 1 N–H and O–H groups in total. The van der Waals surface area contributed by atoms with Crippen molar-refractivity contribution in [3.8, 4) is 11.4 Å². The summed E-state index contributed by atoms with van der Waals surface area (Å²) in [6.07, 6.45) is 1.92. The molecule has 0 aliphatic carbocycles. The van der Waals surface area contributed by atoms with Gasteiger partial charge in [-0.2, -0.15) is 0 Å². The Kier molecular flexibility index (Phi) is 6.52. The third-order valence-corrected chi connectivity index (χ3v) is 6.13. The molecular weight excluding hydrogens is 394 g/mol. The Balaban J connectivity index is 1.39. The Morgan fingerprint density at radius 1 is 1.17 bits per heavy atom. The van der Waals surface area contributed by atoms with E-state index in [1.807, 2.05) is 50.5 Å². The third kappa shape index (κ3) is 4.59. The van der Waals surface area contributed by atoms with Crippen LogP contribution in [0.1, 0.15) is 11.8 Å². The Morgan fingerprint density at radius 3 is 2.63 bits per heavy atom. The van der Waals surface area contributed by atoms with Crippen molar-refractivity contribution < 1.29 is 4.74 Å². The van der Waals surface area contributed by atoms with Gasteiger partial charge in [0.1, 0.15) is 6.23 Å². The molecule has 0 radical (unpaired) electrons. The maximum atomic E-state index is 6.24. The van der Waals surface area contributed by atoms with Crippen molar-refractivity contribution >= 4 is 17.4 Å². The molecule has 2 atom stereocenters. The van der Waals surface area contributed by atoms with Crippen molar-refractivity contribution in [3.05, 3.63) is 72.8 Å². The predicted molar refractivity (Wildman–Crippen MR) is 123 cm³/mol. The van der Waals surface area contributed by atoms with Gasteiger partial charge in [0.2, 0.25) is 0 Å². The highest BCUT2D eigenvalue weighted by molar-refractivity contribution is 7.99. The molecule has 1 aliphatic heterocycles. The largest absolute Gasteiger partial charge is 0.378 e. The van der Waals surface area contributed by atoms with Crippen molar-refractivity contribution in [3.63, 3.8) is 0 Å². The summed E-state index contributed by atoms with van der Waals surface area (Å²) in [6.45, 7) is 5.37. The minimum Gasteiger partial charge on any atom is -0.378 e. The number of nitrogens with zero attached hydrogens (tertiary/aromatic N) is 4. The Bertz CT molecular complexity index is 971.